The highest BCUT2D eigenvalue weighted by Gasteiger charge is 2.14. The first-order chi connectivity index (χ1) is 11.3. The number of aryl methyl sites for hydroxylation is 1. The lowest BCUT2D eigenvalue weighted by molar-refractivity contribution is 0.485. The van der Waals surface area contributed by atoms with Crippen molar-refractivity contribution < 1.29 is 4.74 Å². The Kier molecular flexibility index (Phi) is 9.95. The molecule has 0 fully saturated rings. The predicted octanol–water partition coefficient (Wildman–Crippen LogP) is 4.50. The molecule has 0 spiro atoms. The molecule has 2 aromatic heterocycles. The Morgan fingerprint density at radius 3 is 2.25 bits per heavy atom. The maximum atomic E-state index is 5.93. The summed E-state index contributed by atoms with van der Waals surface area (Å²) in [4.78, 5) is 8.30. The number of para-hydroxylation sites is 1. The normalized spacial score (nSPS) is 9.04. The highest BCUT2D eigenvalue weighted by atomic mass is 16.5. The van der Waals surface area contributed by atoms with Crippen molar-refractivity contribution in [2.75, 3.05) is 5.73 Å². The zero-order valence-corrected chi connectivity index (χ0v) is 15.2. The number of nitrogen functional groups attached to an aromatic ring is 1. The minimum Gasteiger partial charge on any atom is -0.455 e. The van der Waals surface area contributed by atoms with Crippen molar-refractivity contribution in [2.24, 2.45) is 0 Å². The second-order valence-electron chi connectivity index (χ2n) is 4.15. The average Bonchev–Trinajstić information content (AvgIpc) is 2.98. The number of fused-ring (bicyclic) bond motifs is 1. The van der Waals surface area contributed by atoms with Crippen LogP contribution >= 0.6 is 0 Å². The van der Waals surface area contributed by atoms with Crippen molar-refractivity contribution in [3.63, 3.8) is 0 Å². The number of anilines is 1. The monoisotopic (exact) mass is 325 g/mol. The van der Waals surface area contributed by atoms with Crippen LogP contribution in [0.15, 0.2) is 42.9 Å². The third-order valence-electron chi connectivity index (χ3n) is 2.96. The summed E-state index contributed by atoms with van der Waals surface area (Å²) in [6.45, 7) is 10.8. The molecule has 24 heavy (non-hydrogen) atoms. The summed E-state index contributed by atoms with van der Waals surface area (Å²) in [6.07, 6.45) is 3.37. The second-order valence-corrected chi connectivity index (χ2v) is 4.15. The van der Waals surface area contributed by atoms with E-state index in [9.17, 15) is 0 Å². The predicted molar refractivity (Wildman–Crippen MR) is 103 cm³/mol. The molecule has 0 bridgehead atoms. The minimum absolute atomic E-state index is 0. The van der Waals surface area contributed by atoms with Crippen LogP contribution in [0.2, 0.25) is 0 Å². The molecule has 127 valence electrons. The van der Waals surface area contributed by atoms with Crippen LogP contribution < -0.4 is 10.5 Å². The molecule has 6 heteroatoms. The van der Waals surface area contributed by atoms with Crippen LogP contribution in [0.4, 0.5) is 5.82 Å². The molecule has 0 saturated carbocycles. The van der Waals surface area contributed by atoms with Crippen LogP contribution in [0, 0.1) is 0 Å². The van der Waals surface area contributed by atoms with Crippen molar-refractivity contribution in [2.45, 2.75) is 41.2 Å². The number of hydrogen-bond donors (Lipinski definition) is 1. The van der Waals surface area contributed by atoms with Crippen LogP contribution in [-0.4, -0.2) is 22.9 Å². The molecule has 0 saturated heterocycles. The van der Waals surface area contributed by atoms with E-state index in [-0.39, 0.29) is 8.41 Å². The van der Waals surface area contributed by atoms with Gasteiger partial charge in [0.2, 0.25) is 0 Å². The Hall–Kier alpha value is -2.50. The molecule has 2 N–H and O–H groups in total. The summed E-state index contributed by atoms with van der Waals surface area (Å²) in [5.74, 6) is 1.88. The lowest BCUT2D eigenvalue weighted by Crippen LogP contribution is -1.96. The van der Waals surface area contributed by atoms with Gasteiger partial charge in [-0.1, -0.05) is 45.9 Å². The average molecular weight is 325 g/mol. The van der Waals surface area contributed by atoms with Crippen LogP contribution in [0.1, 0.15) is 34.6 Å². The van der Waals surface area contributed by atoms with Gasteiger partial charge in [-0.3, -0.25) is 0 Å². The fourth-order valence-corrected chi connectivity index (χ4v) is 2.04. The van der Waals surface area contributed by atoms with E-state index in [1.807, 2.05) is 75.7 Å². The van der Waals surface area contributed by atoms with E-state index in [0.717, 1.165) is 23.3 Å². The number of hydrogen-bond acceptors (Lipinski definition) is 4. The highest BCUT2D eigenvalue weighted by molar-refractivity contribution is 5.92. The number of nitrogens with two attached hydrogens (primary N) is 1. The minimum atomic E-state index is 0. The molecule has 1 aromatic carbocycles. The number of benzene rings is 1. The van der Waals surface area contributed by atoms with Gasteiger partial charge in [0, 0.05) is 21.2 Å². The van der Waals surface area contributed by atoms with E-state index in [1.54, 1.807) is 0 Å². The van der Waals surface area contributed by atoms with Crippen molar-refractivity contribution in [1.82, 2.24) is 14.5 Å². The topological polar surface area (TPSA) is 66.0 Å². The quantitative estimate of drug-likeness (QED) is 0.720. The maximum Gasteiger partial charge on any atom is 0.158 e. The molecular weight excluding hydrogens is 299 g/mol. The Balaban J connectivity index is 0.000000987. The SMILES string of the molecule is CC.CC.CCn1cc(Oc2ccccc2)c2c(N)ncnc21.[B]. The second kappa shape index (κ2) is 11.1. The van der Waals surface area contributed by atoms with Gasteiger partial charge in [0.25, 0.3) is 0 Å². The molecule has 2 heterocycles. The fourth-order valence-electron chi connectivity index (χ4n) is 2.04. The zero-order valence-electron chi connectivity index (χ0n) is 15.2. The Morgan fingerprint density at radius 2 is 1.67 bits per heavy atom. The molecule has 5 nitrogen and oxygen atoms in total. The molecule has 3 rings (SSSR count). The summed E-state index contributed by atoms with van der Waals surface area (Å²) in [6, 6.07) is 9.59. The van der Waals surface area contributed by atoms with Crippen molar-refractivity contribution in [3.05, 3.63) is 42.9 Å². The summed E-state index contributed by atoms with van der Waals surface area (Å²) in [5.41, 5.74) is 6.73. The van der Waals surface area contributed by atoms with Gasteiger partial charge in [0.05, 0.1) is 0 Å². The first-order valence-electron chi connectivity index (χ1n) is 8.12. The van der Waals surface area contributed by atoms with Gasteiger partial charge in [0.15, 0.2) is 5.75 Å². The van der Waals surface area contributed by atoms with Gasteiger partial charge in [-0.05, 0) is 19.1 Å². The lowest BCUT2D eigenvalue weighted by atomic mass is 10.3. The van der Waals surface area contributed by atoms with Gasteiger partial charge in [0.1, 0.15) is 28.9 Å². The molecule has 0 amide bonds. The standard InChI is InChI=1S/C14H14N4O.2C2H6.B/c1-2-18-8-11(19-10-6-4-3-5-7-10)12-13(15)16-9-17-14(12)18;2*1-2;/h3-9H,2H2,1H3,(H2,15,16,17);2*1-2H3;. The van der Waals surface area contributed by atoms with E-state index in [1.165, 1.54) is 6.33 Å². The number of rotatable bonds is 3. The summed E-state index contributed by atoms with van der Waals surface area (Å²) in [5, 5.41) is 0.758. The van der Waals surface area contributed by atoms with E-state index in [0.29, 0.717) is 11.6 Å². The van der Waals surface area contributed by atoms with Gasteiger partial charge < -0.3 is 15.0 Å². The summed E-state index contributed by atoms with van der Waals surface area (Å²) < 4.78 is 7.87. The molecule has 3 radical (unpaired) electrons. The smallest absolute Gasteiger partial charge is 0.158 e. The van der Waals surface area contributed by atoms with Gasteiger partial charge in [-0.25, -0.2) is 9.97 Å². The van der Waals surface area contributed by atoms with Crippen molar-refractivity contribution >= 4 is 25.3 Å². The van der Waals surface area contributed by atoms with Gasteiger partial charge in [-0.2, -0.15) is 0 Å². The fraction of sp³-hybridized carbons (Fsp3) is 0.333. The van der Waals surface area contributed by atoms with Crippen LogP contribution in [0.5, 0.6) is 11.5 Å². The van der Waals surface area contributed by atoms with E-state index >= 15 is 0 Å². The van der Waals surface area contributed by atoms with E-state index < -0.39 is 0 Å². The van der Waals surface area contributed by atoms with Crippen molar-refractivity contribution in [1.29, 1.82) is 0 Å². The summed E-state index contributed by atoms with van der Waals surface area (Å²) >= 11 is 0. The molecule has 0 unspecified atom stereocenters. The molecule has 0 aliphatic carbocycles. The zero-order chi connectivity index (χ0) is 17.2. The molecule has 0 atom stereocenters. The van der Waals surface area contributed by atoms with Crippen LogP contribution in [0.25, 0.3) is 11.0 Å². The van der Waals surface area contributed by atoms with E-state index in [4.69, 9.17) is 10.5 Å². The number of ether oxygens (including phenoxy) is 1. The maximum absolute atomic E-state index is 5.93. The largest absolute Gasteiger partial charge is 0.455 e. The lowest BCUT2D eigenvalue weighted by Gasteiger charge is -2.03. The molecule has 0 aliphatic heterocycles. The van der Waals surface area contributed by atoms with Crippen LogP contribution in [0.3, 0.4) is 0 Å². The third kappa shape index (κ3) is 4.75. The van der Waals surface area contributed by atoms with Gasteiger partial charge >= 0.3 is 0 Å². The number of nitrogens with zero attached hydrogens (tertiary/aromatic N) is 3. The molecule has 0 aliphatic rings. The van der Waals surface area contributed by atoms with Crippen molar-refractivity contribution in [3.8, 4) is 11.5 Å². The Bertz CT molecular complexity index is 714. The Labute approximate surface area is 146 Å². The van der Waals surface area contributed by atoms with Crippen LogP contribution in [-0.2, 0) is 6.54 Å². The number of aromatic nitrogens is 3. The first kappa shape index (κ1) is 21.5. The molecule has 3 aromatic rings. The molecular formula is C18H26BN4O. The van der Waals surface area contributed by atoms with E-state index in [2.05, 4.69) is 9.97 Å². The Morgan fingerprint density at radius 1 is 1.04 bits per heavy atom. The highest BCUT2D eigenvalue weighted by Crippen LogP contribution is 2.33. The van der Waals surface area contributed by atoms with Gasteiger partial charge in [-0.15, -0.1) is 0 Å². The summed E-state index contributed by atoms with van der Waals surface area (Å²) in [7, 11) is 0. The third-order valence-corrected chi connectivity index (χ3v) is 2.96. The first-order valence-corrected chi connectivity index (χ1v) is 8.12.